The number of anilines is 1. The predicted octanol–water partition coefficient (Wildman–Crippen LogP) is 5.24. The van der Waals surface area contributed by atoms with Crippen LogP contribution in [-0.4, -0.2) is 11.8 Å². The predicted molar refractivity (Wildman–Crippen MR) is 115 cm³/mol. The van der Waals surface area contributed by atoms with Gasteiger partial charge in [0.05, 0.1) is 21.8 Å². The summed E-state index contributed by atoms with van der Waals surface area (Å²) < 4.78 is -0.723. The van der Waals surface area contributed by atoms with Crippen LogP contribution in [0.1, 0.15) is 28.2 Å². The molecule has 0 spiro atoms. The molecular weight excluding hydrogens is 450 g/mol. The van der Waals surface area contributed by atoms with Crippen LogP contribution in [0, 0.1) is 11.8 Å². The molecule has 3 aromatic carbocycles. The molecule has 2 amide bonds. The second-order valence-electron chi connectivity index (χ2n) is 7.86. The molecule has 2 atom stereocenters. The molecule has 0 radical (unpaired) electrons. The van der Waals surface area contributed by atoms with E-state index in [4.69, 9.17) is 11.6 Å². The molecule has 3 aliphatic carbocycles. The van der Waals surface area contributed by atoms with Gasteiger partial charge < -0.3 is 0 Å². The first kappa shape index (κ1) is 17.4. The fraction of sp³-hybridized carbons (Fsp3) is 0.167. The Morgan fingerprint density at radius 1 is 0.828 bits per heavy atom. The monoisotopic (exact) mass is 463 g/mol. The van der Waals surface area contributed by atoms with Crippen LogP contribution >= 0.6 is 27.5 Å². The lowest BCUT2D eigenvalue weighted by atomic mass is 9.55. The maximum absolute atomic E-state index is 13.7. The molecule has 0 N–H and O–H groups in total. The van der Waals surface area contributed by atoms with Crippen molar-refractivity contribution in [3.63, 3.8) is 0 Å². The van der Waals surface area contributed by atoms with E-state index in [1.807, 2.05) is 24.3 Å². The van der Waals surface area contributed by atoms with E-state index in [1.165, 1.54) is 4.90 Å². The van der Waals surface area contributed by atoms with Crippen LogP contribution < -0.4 is 4.90 Å². The number of imide groups is 1. The van der Waals surface area contributed by atoms with Gasteiger partial charge in [-0.1, -0.05) is 82.1 Å². The van der Waals surface area contributed by atoms with E-state index in [0.717, 1.165) is 22.3 Å². The van der Waals surface area contributed by atoms with Gasteiger partial charge in [0.15, 0.2) is 0 Å². The quantitative estimate of drug-likeness (QED) is 0.365. The van der Waals surface area contributed by atoms with Crippen molar-refractivity contribution in [3.05, 3.63) is 100 Å². The lowest BCUT2D eigenvalue weighted by Crippen LogP contribution is -2.50. The standard InChI is InChI=1S/C24H15BrClNO2/c25-24-17-10-3-1-8-15(17)19(16-9-2-4-11-18(16)24)20-21(24)23(29)27(22(20)28)14-7-5-6-13(26)12-14/h1-12,19-21H/t19?,20-,21-,24?/m1/s1. The number of hydrogen-bond donors (Lipinski definition) is 0. The Kier molecular flexibility index (Phi) is 3.49. The summed E-state index contributed by atoms with van der Waals surface area (Å²) in [7, 11) is 0. The Morgan fingerprint density at radius 2 is 1.45 bits per heavy atom. The van der Waals surface area contributed by atoms with E-state index in [1.54, 1.807) is 24.3 Å². The minimum Gasteiger partial charge on any atom is -0.274 e. The first-order valence-corrected chi connectivity index (χ1v) is 10.7. The second-order valence-corrected chi connectivity index (χ2v) is 9.55. The molecular formula is C24H15BrClNO2. The van der Waals surface area contributed by atoms with Crippen molar-refractivity contribution in [2.75, 3.05) is 4.90 Å². The van der Waals surface area contributed by atoms with Gasteiger partial charge >= 0.3 is 0 Å². The highest BCUT2D eigenvalue weighted by Gasteiger charge is 2.67. The van der Waals surface area contributed by atoms with Crippen molar-refractivity contribution in [3.8, 4) is 0 Å². The molecule has 4 aliphatic rings. The Labute approximate surface area is 181 Å². The topological polar surface area (TPSA) is 37.4 Å². The fourth-order valence-electron chi connectivity index (χ4n) is 5.55. The fourth-order valence-corrected chi connectivity index (χ4v) is 6.94. The Balaban J connectivity index is 1.63. The summed E-state index contributed by atoms with van der Waals surface area (Å²) in [6.07, 6.45) is 0. The molecule has 7 rings (SSSR count). The van der Waals surface area contributed by atoms with E-state index in [2.05, 4.69) is 40.2 Å². The maximum Gasteiger partial charge on any atom is 0.239 e. The zero-order valence-corrected chi connectivity index (χ0v) is 17.5. The van der Waals surface area contributed by atoms with Crippen LogP contribution in [-0.2, 0) is 13.9 Å². The Hall–Kier alpha value is -2.43. The first-order valence-electron chi connectivity index (χ1n) is 9.54. The molecule has 0 saturated carbocycles. The van der Waals surface area contributed by atoms with Gasteiger partial charge in [-0.25, -0.2) is 4.90 Å². The van der Waals surface area contributed by atoms with Crippen LogP contribution in [0.25, 0.3) is 0 Å². The maximum atomic E-state index is 13.7. The van der Waals surface area contributed by atoms with Gasteiger partial charge in [0.2, 0.25) is 11.8 Å². The van der Waals surface area contributed by atoms with Crippen molar-refractivity contribution in [1.29, 1.82) is 0 Å². The summed E-state index contributed by atoms with van der Waals surface area (Å²) in [5.74, 6) is -1.39. The van der Waals surface area contributed by atoms with Crippen LogP contribution in [0.3, 0.4) is 0 Å². The van der Waals surface area contributed by atoms with E-state index in [0.29, 0.717) is 10.7 Å². The van der Waals surface area contributed by atoms with Gasteiger partial charge in [0, 0.05) is 10.9 Å². The molecule has 1 aliphatic heterocycles. The van der Waals surface area contributed by atoms with Crippen molar-refractivity contribution in [2.24, 2.45) is 11.8 Å². The van der Waals surface area contributed by atoms with Crippen molar-refractivity contribution in [2.45, 2.75) is 10.2 Å². The molecule has 3 nitrogen and oxygen atoms in total. The number of nitrogens with zero attached hydrogens (tertiary/aromatic N) is 1. The minimum atomic E-state index is -0.723. The normalized spacial score (nSPS) is 28.9. The van der Waals surface area contributed by atoms with Crippen molar-refractivity contribution in [1.82, 2.24) is 0 Å². The smallest absolute Gasteiger partial charge is 0.239 e. The number of rotatable bonds is 1. The van der Waals surface area contributed by atoms with Gasteiger partial charge in [0.25, 0.3) is 0 Å². The van der Waals surface area contributed by atoms with Crippen molar-refractivity contribution < 1.29 is 9.59 Å². The number of hydrogen-bond acceptors (Lipinski definition) is 2. The molecule has 0 unspecified atom stereocenters. The van der Waals surface area contributed by atoms with Gasteiger partial charge in [-0.15, -0.1) is 0 Å². The SMILES string of the molecule is O=C1[C@@H]2C3c4ccccc4C(Br)(c4ccccc43)[C@H]2C(=O)N1c1cccc(Cl)c1. The zero-order chi connectivity index (χ0) is 19.9. The number of carbonyl (C=O) groups is 2. The number of halogens is 2. The summed E-state index contributed by atoms with van der Waals surface area (Å²) in [5, 5.41) is 0.501. The molecule has 142 valence electrons. The zero-order valence-electron chi connectivity index (χ0n) is 15.2. The second kappa shape index (κ2) is 5.80. The van der Waals surface area contributed by atoms with Crippen LogP contribution in [0.15, 0.2) is 72.8 Å². The van der Waals surface area contributed by atoms with E-state index < -0.39 is 16.2 Å². The average Bonchev–Trinajstić information content (AvgIpc) is 3.00. The highest BCUT2D eigenvalue weighted by atomic mass is 79.9. The molecule has 2 bridgehead atoms. The lowest BCUT2D eigenvalue weighted by molar-refractivity contribution is -0.122. The van der Waals surface area contributed by atoms with Gasteiger partial charge in [-0.3, -0.25) is 9.59 Å². The summed E-state index contributed by atoms with van der Waals surface area (Å²) in [5.41, 5.74) is 4.94. The molecule has 1 saturated heterocycles. The molecule has 1 fully saturated rings. The van der Waals surface area contributed by atoms with Crippen LogP contribution in [0.4, 0.5) is 5.69 Å². The van der Waals surface area contributed by atoms with Gasteiger partial charge in [-0.2, -0.15) is 0 Å². The molecule has 5 heteroatoms. The summed E-state index contributed by atoms with van der Waals surface area (Å²) in [6.45, 7) is 0. The third kappa shape index (κ3) is 2.03. The highest BCUT2D eigenvalue weighted by molar-refractivity contribution is 9.09. The van der Waals surface area contributed by atoms with Crippen LogP contribution in [0.2, 0.25) is 5.02 Å². The summed E-state index contributed by atoms with van der Waals surface area (Å²) >= 11 is 10.2. The number of amides is 2. The number of alkyl halides is 1. The third-order valence-electron chi connectivity index (χ3n) is 6.58. The molecule has 3 aromatic rings. The van der Waals surface area contributed by atoms with E-state index in [-0.39, 0.29) is 17.7 Å². The number of benzene rings is 3. The largest absolute Gasteiger partial charge is 0.274 e. The summed E-state index contributed by atoms with van der Waals surface area (Å²) in [4.78, 5) is 28.7. The lowest BCUT2D eigenvalue weighted by Gasteiger charge is -2.51. The third-order valence-corrected chi connectivity index (χ3v) is 8.16. The van der Waals surface area contributed by atoms with E-state index >= 15 is 0 Å². The first-order chi connectivity index (χ1) is 14.0. The summed E-state index contributed by atoms with van der Waals surface area (Å²) in [6, 6.07) is 23.3. The molecule has 0 aromatic heterocycles. The average molecular weight is 465 g/mol. The molecule has 29 heavy (non-hydrogen) atoms. The van der Waals surface area contributed by atoms with Crippen molar-refractivity contribution >= 4 is 45.0 Å². The Morgan fingerprint density at radius 3 is 2.07 bits per heavy atom. The van der Waals surface area contributed by atoms with Gasteiger partial charge in [-0.05, 0) is 40.5 Å². The Bertz CT molecular complexity index is 1180. The molecule has 1 heterocycles. The van der Waals surface area contributed by atoms with E-state index in [9.17, 15) is 9.59 Å². The van der Waals surface area contributed by atoms with Crippen LogP contribution in [0.5, 0.6) is 0 Å². The van der Waals surface area contributed by atoms with Gasteiger partial charge in [0.1, 0.15) is 0 Å². The highest BCUT2D eigenvalue weighted by Crippen LogP contribution is 2.66. The number of carbonyl (C=O) groups excluding carboxylic acids is 2. The minimum absolute atomic E-state index is 0.132.